The average molecular weight is 430 g/mol. The number of ether oxygens (including phenoxy) is 1. The van der Waals surface area contributed by atoms with E-state index >= 15 is 0 Å². The Morgan fingerprint density at radius 2 is 2.00 bits per heavy atom. The van der Waals surface area contributed by atoms with Gasteiger partial charge in [0.1, 0.15) is 30.6 Å². The number of hydrogen-bond donors (Lipinski definition) is 2. The summed E-state index contributed by atoms with van der Waals surface area (Å²) in [7, 11) is 1.42. The molecule has 4 rings (SSSR count). The third kappa shape index (κ3) is 4.36. The van der Waals surface area contributed by atoms with Crippen molar-refractivity contribution >= 4 is 29.0 Å². The molecule has 9 heteroatoms. The summed E-state index contributed by atoms with van der Waals surface area (Å²) in [5.74, 6) is 0.993. The Kier molecular flexibility index (Phi) is 5.98. The zero-order valence-corrected chi connectivity index (χ0v) is 17.6. The largest absolute Gasteiger partial charge is 0.438 e. The lowest BCUT2D eigenvalue weighted by atomic mass is 10.2. The first kappa shape index (κ1) is 20.9. The van der Waals surface area contributed by atoms with Gasteiger partial charge < -0.3 is 20.6 Å². The number of carbonyl (C=O) groups excluding carboxylic acids is 1. The standard InChI is InChI=1S/C23H22N6O3/c1-15-10-17-11-18(32-22-19(13-28-31-2)21(24)26-14-27-22)8-9-20(17)29(15)23(30)25-12-16-6-4-3-5-7-16/h3-11,13-14H,12H2,1-2H3,(H,25,30)(H2,24,26,27). The Hall–Kier alpha value is -4.40. The smallest absolute Gasteiger partial charge is 0.326 e. The number of rotatable bonds is 6. The molecule has 0 spiro atoms. The quantitative estimate of drug-likeness (QED) is 0.354. The van der Waals surface area contributed by atoms with Crippen molar-refractivity contribution in [3.05, 3.63) is 77.7 Å². The fraction of sp³-hybridized carbons (Fsp3) is 0.130. The molecule has 0 unspecified atom stereocenters. The number of benzene rings is 2. The number of nitrogen functional groups attached to an aromatic ring is 1. The third-order valence-corrected chi connectivity index (χ3v) is 4.83. The van der Waals surface area contributed by atoms with Crippen molar-refractivity contribution < 1.29 is 14.4 Å². The van der Waals surface area contributed by atoms with Gasteiger partial charge in [-0.05, 0) is 36.8 Å². The van der Waals surface area contributed by atoms with Gasteiger partial charge in [0.25, 0.3) is 0 Å². The maximum absolute atomic E-state index is 12.8. The van der Waals surface area contributed by atoms with E-state index in [0.29, 0.717) is 17.9 Å². The molecule has 1 amide bonds. The normalized spacial score (nSPS) is 11.1. The van der Waals surface area contributed by atoms with E-state index in [-0.39, 0.29) is 17.7 Å². The van der Waals surface area contributed by atoms with Gasteiger partial charge in [-0.3, -0.25) is 4.57 Å². The van der Waals surface area contributed by atoms with Crippen LogP contribution in [0.5, 0.6) is 11.6 Å². The minimum atomic E-state index is -0.198. The zero-order valence-electron chi connectivity index (χ0n) is 17.6. The summed E-state index contributed by atoms with van der Waals surface area (Å²) in [5, 5.41) is 7.52. The summed E-state index contributed by atoms with van der Waals surface area (Å²) >= 11 is 0. The molecule has 3 N–H and O–H groups in total. The molecule has 0 aliphatic carbocycles. The van der Waals surface area contributed by atoms with Crippen LogP contribution in [0.4, 0.5) is 10.6 Å². The van der Waals surface area contributed by atoms with E-state index in [2.05, 4.69) is 20.4 Å². The Bertz CT molecular complexity index is 1280. The molecule has 0 atom stereocenters. The molecule has 0 fully saturated rings. The molecule has 0 aliphatic rings. The van der Waals surface area contributed by atoms with E-state index in [0.717, 1.165) is 22.2 Å². The number of amides is 1. The Morgan fingerprint density at radius 1 is 1.19 bits per heavy atom. The highest BCUT2D eigenvalue weighted by Crippen LogP contribution is 2.29. The van der Waals surface area contributed by atoms with Gasteiger partial charge in [-0.2, -0.15) is 0 Å². The SMILES string of the molecule is CON=Cc1c(N)ncnc1Oc1ccc2c(c1)cc(C)n2C(=O)NCc1ccccc1. The van der Waals surface area contributed by atoms with Gasteiger partial charge in [0, 0.05) is 17.6 Å². The van der Waals surface area contributed by atoms with E-state index < -0.39 is 0 Å². The van der Waals surface area contributed by atoms with Crippen molar-refractivity contribution in [2.75, 3.05) is 12.8 Å². The first-order valence-electron chi connectivity index (χ1n) is 9.86. The number of nitrogens with two attached hydrogens (primary N) is 1. The molecule has 0 aliphatic heterocycles. The molecule has 2 aromatic heterocycles. The number of hydrogen-bond acceptors (Lipinski definition) is 7. The zero-order chi connectivity index (χ0) is 22.5. The van der Waals surface area contributed by atoms with Crippen molar-refractivity contribution in [2.45, 2.75) is 13.5 Å². The molecule has 4 aromatic rings. The van der Waals surface area contributed by atoms with Gasteiger partial charge in [0.2, 0.25) is 5.88 Å². The predicted molar refractivity (Wildman–Crippen MR) is 122 cm³/mol. The van der Waals surface area contributed by atoms with Gasteiger partial charge in [0.15, 0.2) is 0 Å². The van der Waals surface area contributed by atoms with Crippen LogP contribution in [0.25, 0.3) is 10.9 Å². The van der Waals surface area contributed by atoms with E-state index in [1.165, 1.54) is 19.7 Å². The van der Waals surface area contributed by atoms with E-state index in [1.807, 2.05) is 55.5 Å². The van der Waals surface area contributed by atoms with E-state index in [9.17, 15) is 4.79 Å². The van der Waals surface area contributed by atoms with Crippen LogP contribution in [-0.2, 0) is 11.4 Å². The second-order valence-electron chi connectivity index (χ2n) is 6.98. The summed E-state index contributed by atoms with van der Waals surface area (Å²) in [4.78, 5) is 25.6. The molecular formula is C23H22N6O3. The van der Waals surface area contributed by atoms with Gasteiger partial charge in [-0.1, -0.05) is 35.5 Å². The number of nitrogens with zero attached hydrogens (tertiary/aromatic N) is 4. The molecule has 162 valence electrons. The van der Waals surface area contributed by atoms with Gasteiger partial charge in [0.05, 0.1) is 11.7 Å². The molecule has 2 aromatic carbocycles. The van der Waals surface area contributed by atoms with Crippen molar-refractivity contribution in [1.82, 2.24) is 19.9 Å². The maximum atomic E-state index is 12.8. The Morgan fingerprint density at radius 3 is 2.78 bits per heavy atom. The van der Waals surface area contributed by atoms with Gasteiger partial charge >= 0.3 is 6.03 Å². The van der Waals surface area contributed by atoms with Crippen LogP contribution in [0, 0.1) is 6.92 Å². The highest BCUT2D eigenvalue weighted by Gasteiger charge is 2.15. The molecule has 0 saturated heterocycles. The second kappa shape index (κ2) is 9.17. The van der Waals surface area contributed by atoms with Crippen LogP contribution < -0.4 is 15.8 Å². The highest BCUT2D eigenvalue weighted by molar-refractivity contribution is 5.93. The lowest BCUT2D eigenvalue weighted by molar-refractivity contribution is 0.215. The van der Waals surface area contributed by atoms with Crippen molar-refractivity contribution in [3.63, 3.8) is 0 Å². The minimum Gasteiger partial charge on any atom is -0.438 e. The molecule has 2 heterocycles. The van der Waals surface area contributed by atoms with E-state index in [4.69, 9.17) is 15.3 Å². The fourth-order valence-corrected chi connectivity index (χ4v) is 3.33. The molecule has 0 bridgehead atoms. The van der Waals surface area contributed by atoms with Crippen molar-refractivity contribution in [2.24, 2.45) is 5.16 Å². The second-order valence-corrected chi connectivity index (χ2v) is 6.98. The monoisotopic (exact) mass is 430 g/mol. The first-order chi connectivity index (χ1) is 15.6. The number of nitrogens with one attached hydrogen (secondary N) is 1. The maximum Gasteiger partial charge on any atom is 0.326 e. The van der Waals surface area contributed by atoms with Gasteiger partial charge in [-0.15, -0.1) is 0 Å². The molecule has 0 radical (unpaired) electrons. The van der Waals surface area contributed by atoms with Crippen molar-refractivity contribution in [1.29, 1.82) is 0 Å². The summed E-state index contributed by atoms with van der Waals surface area (Å²) < 4.78 is 7.56. The number of anilines is 1. The summed E-state index contributed by atoms with van der Waals surface area (Å²) in [6.45, 7) is 2.33. The Balaban J connectivity index is 1.58. The fourth-order valence-electron chi connectivity index (χ4n) is 3.33. The number of aromatic nitrogens is 3. The van der Waals surface area contributed by atoms with Crippen LogP contribution >= 0.6 is 0 Å². The van der Waals surface area contributed by atoms with Crippen LogP contribution in [0.15, 0.2) is 66.1 Å². The van der Waals surface area contributed by atoms with Crippen molar-refractivity contribution in [3.8, 4) is 11.6 Å². The topological polar surface area (TPSA) is 117 Å². The molecule has 9 nitrogen and oxygen atoms in total. The summed E-state index contributed by atoms with van der Waals surface area (Å²) in [6.07, 6.45) is 2.70. The number of aryl methyl sites for hydroxylation is 1. The summed E-state index contributed by atoms with van der Waals surface area (Å²) in [5.41, 5.74) is 8.92. The minimum absolute atomic E-state index is 0.198. The van der Waals surface area contributed by atoms with Crippen LogP contribution in [-0.4, -0.2) is 33.9 Å². The van der Waals surface area contributed by atoms with Crippen LogP contribution in [0.1, 0.15) is 16.8 Å². The Labute approximate surface area is 184 Å². The molecular weight excluding hydrogens is 408 g/mol. The van der Waals surface area contributed by atoms with Crippen LogP contribution in [0.3, 0.4) is 0 Å². The number of carbonyl (C=O) groups is 1. The van der Waals surface area contributed by atoms with Gasteiger partial charge in [-0.25, -0.2) is 14.8 Å². The molecule has 0 saturated carbocycles. The number of fused-ring (bicyclic) bond motifs is 1. The number of oxime groups is 1. The average Bonchev–Trinajstić information content (AvgIpc) is 3.13. The highest BCUT2D eigenvalue weighted by atomic mass is 16.6. The lowest BCUT2D eigenvalue weighted by Crippen LogP contribution is -2.28. The predicted octanol–water partition coefficient (Wildman–Crippen LogP) is 3.85. The first-order valence-corrected chi connectivity index (χ1v) is 9.86. The summed E-state index contributed by atoms with van der Waals surface area (Å²) in [6, 6.07) is 16.9. The lowest BCUT2D eigenvalue weighted by Gasteiger charge is -2.10. The van der Waals surface area contributed by atoms with Crippen LogP contribution in [0.2, 0.25) is 0 Å². The molecule has 32 heavy (non-hydrogen) atoms. The van der Waals surface area contributed by atoms with E-state index in [1.54, 1.807) is 10.6 Å². The third-order valence-electron chi connectivity index (χ3n) is 4.83.